The van der Waals surface area contributed by atoms with Crippen molar-refractivity contribution in [1.82, 2.24) is 54.1 Å². The molecule has 12 atom stereocenters. The number of H-pyrrole nitrogens is 2. The number of nitrogens with one attached hydrogen (secondary N) is 3. The van der Waals surface area contributed by atoms with Crippen molar-refractivity contribution < 1.29 is 90.0 Å². The van der Waals surface area contributed by atoms with Gasteiger partial charge in [0.2, 0.25) is 17.7 Å². The van der Waals surface area contributed by atoms with E-state index >= 15 is 0 Å². The van der Waals surface area contributed by atoms with Gasteiger partial charge in [-0.2, -0.15) is 9.29 Å². The molecule has 0 aromatic carbocycles. The Bertz CT molecular complexity index is 2890. The van der Waals surface area contributed by atoms with Gasteiger partial charge in [-0.25, -0.2) is 32.6 Å². The molecular weight excluding hydrogens is 964 g/mol. The Morgan fingerprint density at radius 1 is 0.877 bits per heavy atom. The number of nitrogens with zero attached hydrogens (tertiary/aromatic N) is 9. The second-order valence-corrected chi connectivity index (χ2v) is 21.1. The van der Waals surface area contributed by atoms with Gasteiger partial charge in [0.25, 0.3) is 17.1 Å². The number of hydrogen-bond donors (Lipinski definition) is 13. The van der Waals surface area contributed by atoms with Crippen LogP contribution in [-0.4, -0.2) is 152 Å². The Kier molecular flexibility index (Phi) is 13.8. The maximum absolute atomic E-state index is 12.7. The van der Waals surface area contributed by atoms with Crippen molar-refractivity contribution in [2.45, 2.75) is 62.0 Å². The molecule has 2 fully saturated rings. The number of phosphoric ester groups is 2. The van der Waals surface area contributed by atoms with Crippen LogP contribution in [0.3, 0.4) is 0 Å². The van der Waals surface area contributed by atoms with Crippen LogP contribution in [0.15, 0.2) is 28.4 Å². The van der Waals surface area contributed by atoms with E-state index in [0.29, 0.717) is 0 Å². The minimum atomic E-state index is -5.36. The van der Waals surface area contributed by atoms with Crippen LogP contribution in [0, 0.1) is 0 Å². The molecular formula is C27H41N14O20P4+. The van der Waals surface area contributed by atoms with Crippen LogP contribution in [0.1, 0.15) is 18.1 Å². The Morgan fingerprint density at radius 3 is 2.22 bits per heavy atom. The first-order valence-corrected chi connectivity index (χ1v) is 24.8. The van der Waals surface area contributed by atoms with E-state index in [2.05, 4.69) is 43.9 Å². The van der Waals surface area contributed by atoms with E-state index in [4.69, 9.17) is 30.0 Å². The summed E-state index contributed by atoms with van der Waals surface area (Å²) in [5.74, 6) is -0.534. The van der Waals surface area contributed by atoms with E-state index in [0.717, 1.165) is 15.6 Å². The van der Waals surface area contributed by atoms with Crippen LogP contribution in [0.4, 0.5) is 11.9 Å². The van der Waals surface area contributed by atoms with Crippen LogP contribution >= 0.6 is 31.0 Å². The lowest BCUT2D eigenvalue weighted by Gasteiger charge is -2.19. The standard InChI is InChI=1S/C27H40N14O20P4/c1-38-10-41(21-15(38)23(47)35-27(29)33-21)25-19(45)17(43)13(59-25)7-56-64(52,53)60-62(48,49)5-2-11-6-39(37-36-11)4-3-31-63(50,51)61-65(54,55)57-8-12-16(42)18(44)24(58-12)40-9-30-14-20(40)32-26(28)34-22(14)46/h6,9-10,12-13,16-19,24-25,42-45H,2-5,7-8H2,1H3,(H10-,28,29,31,32,33,34,35,46,47,48,49,50,51,52,53,54,55)/p+1/t12-,13-,16?,17+,18+,19?,24-,25-/m1/s1. The monoisotopic (exact) mass is 1010 g/mol. The first-order chi connectivity index (χ1) is 30.3. The summed E-state index contributed by atoms with van der Waals surface area (Å²) in [6.07, 6.45) is -10.2. The van der Waals surface area contributed by atoms with Crippen molar-refractivity contribution in [2.24, 2.45) is 7.05 Å². The van der Waals surface area contributed by atoms with Gasteiger partial charge in [0.1, 0.15) is 36.6 Å². The molecule has 5 aromatic rings. The van der Waals surface area contributed by atoms with E-state index < -0.39 is 117 Å². The number of nitrogen functional groups attached to an aromatic ring is 2. The summed E-state index contributed by atoms with van der Waals surface area (Å²) < 4.78 is 84.8. The predicted molar refractivity (Wildman–Crippen MR) is 210 cm³/mol. The number of rotatable bonds is 19. The minimum Gasteiger partial charge on any atom is -0.387 e. The van der Waals surface area contributed by atoms with E-state index in [1.165, 1.54) is 28.7 Å². The van der Waals surface area contributed by atoms with Gasteiger partial charge in [-0.3, -0.25) is 47.0 Å². The molecule has 7 heterocycles. The molecule has 0 amide bonds. The summed E-state index contributed by atoms with van der Waals surface area (Å²) in [6.45, 7) is -2.56. The van der Waals surface area contributed by atoms with Crippen LogP contribution in [0.25, 0.3) is 22.3 Å². The third-order valence-corrected chi connectivity index (χ3v) is 15.5. The lowest BCUT2D eigenvalue weighted by atomic mass is 10.1. The number of nitrogens with two attached hydrogens (primary N) is 2. The summed E-state index contributed by atoms with van der Waals surface area (Å²) in [5.41, 5.74) is 9.69. The summed E-state index contributed by atoms with van der Waals surface area (Å²) in [6, 6.07) is 0. The highest BCUT2D eigenvalue weighted by Crippen LogP contribution is 2.60. The van der Waals surface area contributed by atoms with Crippen molar-refractivity contribution in [3.63, 3.8) is 0 Å². The molecule has 2 aliphatic rings. The first kappa shape index (κ1) is 48.7. The predicted octanol–water partition coefficient (Wildman–Crippen LogP) is -4.94. The number of imidazole rings is 2. The van der Waals surface area contributed by atoms with Gasteiger partial charge in [-0.15, -0.1) is 5.10 Å². The number of ether oxygens (including phenoxy) is 2. The number of hydrogen-bond acceptors (Lipinski definition) is 23. The minimum absolute atomic E-state index is 0.0212. The third-order valence-electron chi connectivity index (χ3n) is 9.60. The fourth-order valence-corrected chi connectivity index (χ4v) is 11.6. The fourth-order valence-electron chi connectivity index (χ4n) is 6.66. The lowest BCUT2D eigenvalue weighted by molar-refractivity contribution is -0.745. The topological polar surface area (TPSA) is 498 Å². The lowest BCUT2D eigenvalue weighted by Crippen LogP contribution is -2.46. The van der Waals surface area contributed by atoms with Gasteiger partial charge in [0.05, 0.1) is 45.0 Å². The first-order valence-electron chi connectivity index (χ1n) is 18.5. The zero-order chi connectivity index (χ0) is 47.4. The van der Waals surface area contributed by atoms with Gasteiger partial charge in [-0.1, -0.05) is 10.2 Å². The molecule has 65 heavy (non-hydrogen) atoms. The largest absolute Gasteiger partial charge is 0.480 e. The number of phosphoric acid groups is 2. The molecule has 0 aliphatic carbocycles. The van der Waals surface area contributed by atoms with Crippen molar-refractivity contribution in [1.29, 1.82) is 0 Å². The maximum atomic E-state index is 12.7. The molecule has 0 radical (unpaired) electrons. The molecule has 15 N–H and O–H groups in total. The summed E-state index contributed by atoms with van der Waals surface area (Å²) in [5, 5.41) is 51.8. The van der Waals surface area contributed by atoms with E-state index in [-0.39, 0.29) is 52.9 Å². The molecule has 34 nitrogen and oxygen atoms in total. The fraction of sp³-hybridized carbons (Fsp3) is 0.556. The number of aromatic nitrogens is 11. The van der Waals surface area contributed by atoms with Gasteiger partial charge in [0.15, 0.2) is 23.7 Å². The SMILES string of the molecule is Cn1c[n+]([C@@H]2O[C@H](COP(=O)(O)OP(=O)(O)CCc3cn(CCNP(=O)(O)OP(=O)(O)OC[C@H]4O[C@@H](n5cnc6c(=O)[nH]c(N)nc65)[C@@H](O)C4O)nn3)[C@H](O)C2O)c2nc(N)[nH]c(=O)c21. The summed E-state index contributed by atoms with van der Waals surface area (Å²) in [7, 11) is -19.2. The molecule has 6 unspecified atom stereocenters. The molecule has 38 heteroatoms. The van der Waals surface area contributed by atoms with E-state index in [9.17, 15) is 67.8 Å². The van der Waals surface area contributed by atoms with Gasteiger partial charge in [-0.05, 0) is 0 Å². The molecule has 0 saturated carbocycles. The van der Waals surface area contributed by atoms with Crippen LogP contribution in [0.5, 0.6) is 0 Å². The second-order valence-electron chi connectivity index (χ2n) is 14.3. The average Bonchev–Trinajstić information content (AvgIpc) is 4.01. The maximum Gasteiger partial charge on any atom is 0.480 e. The molecule has 0 spiro atoms. The number of fused-ring (bicyclic) bond motifs is 2. The van der Waals surface area contributed by atoms with Crippen LogP contribution < -0.4 is 32.2 Å². The Balaban J connectivity index is 0.838. The van der Waals surface area contributed by atoms with Crippen molar-refractivity contribution in [3.05, 3.63) is 45.3 Å². The molecule has 2 aliphatic heterocycles. The van der Waals surface area contributed by atoms with E-state index in [1.807, 2.05) is 5.09 Å². The molecule has 0 bridgehead atoms. The smallest absolute Gasteiger partial charge is 0.387 e. The number of anilines is 2. The zero-order valence-corrected chi connectivity index (χ0v) is 36.6. The number of aliphatic hydroxyl groups is 4. The molecule has 2 saturated heterocycles. The average molecular weight is 1010 g/mol. The van der Waals surface area contributed by atoms with Gasteiger partial charge < -0.3 is 60.9 Å². The highest BCUT2D eigenvalue weighted by atomic mass is 31.3. The van der Waals surface area contributed by atoms with Gasteiger partial charge >= 0.3 is 36.6 Å². The zero-order valence-electron chi connectivity index (χ0n) is 33.0. The van der Waals surface area contributed by atoms with Crippen LogP contribution in [-0.2, 0) is 65.4 Å². The Morgan fingerprint density at radius 2 is 1.51 bits per heavy atom. The number of aliphatic hydroxyl groups excluding tert-OH is 4. The van der Waals surface area contributed by atoms with Gasteiger partial charge in [0, 0.05) is 19.2 Å². The summed E-state index contributed by atoms with van der Waals surface area (Å²) >= 11 is 0. The normalized spacial score (nSPS) is 27.5. The molecule has 358 valence electrons. The number of aryl methyl sites for hydroxylation is 2. The van der Waals surface area contributed by atoms with Crippen molar-refractivity contribution >= 4 is 65.2 Å². The quantitative estimate of drug-likeness (QED) is 0.0272. The molecule has 5 aromatic heterocycles. The van der Waals surface area contributed by atoms with Crippen LogP contribution in [0.2, 0.25) is 0 Å². The highest BCUT2D eigenvalue weighted by Gasteiger charge is 2.49. The molecule has 7 rings (SSSR count). The Labute approximate surface area is 360 Å². The third kappa shape index (κ3) is 11.0. The second kappa shape index (κ2) is 18.4. The highest BCUT2D eigenvalue weighted by molar-refractivity contribution is 7.64. The van der Waals surface area contributed by atoms with Crippen molar-refractivity contribution in [3.8, 4) is 0 Å². The van der Waals surface area contributed by atoms with Crippen molar-refractivity contribution in [2.75, 3.05) is 37.4 Å². The Hall–Kier alpha value is -4.24. The summed E-state index contributed by atoms with van der Waals surface area (Å²) in [4.78, 5) is 81.6. The number of aromatic amines is 2. The van der Waals surface area contributed by atoms with E-state index in [1.54, 1.807) is 0 Å².